The van der Waals surface area contributed by atoms with E-state index in [0.29, 0.717) is 5.52 Å². The molecular weight excluding hydrogens is 418 g/mol. The normalized spacial score (nSPS) is 11.6. The lowest BCUT2D eigenvalue weighted by atomic mass is 10.1. The summed E-state index contributed by atoms with van der Waals surface area (Å²) in [4.78, 5) is 39.5. The number of methoxy groups -OCH3 is 1. The number of carbonyl (C=O) groups is 2. The first-order valence-corrected chi connectivity index (χ1v) is 9.75. The summed E-state index contributed by atoms with van der Waals surface area (Å²) in [6, 6.07) is 9.43. The van der Waals surface area contributed by atoms with Crippen LogP contribution >= 0.6 is 22.9 Å². The molecule has 1 aromatic heterocycles. The lowest BCUT2D eigenvalue weighted by molar-refractivity contribution is -0.385. The summed E-state index contributed by atoms with van der Waals surface area (Å²) in [5.41, 5.74) is 1.19. The van der Waals surface area contributed by atoms with Crippen molar-refractivity contribution in [2.45, 2.75) is 19.9 Å². The van der Waals surface area contributed by atoms with Crippen LogP contribution in [0.25, 0.3) is 10.2 Å². The first-order chi connectivity index (χ1) is 13.8. The molecule has 1 heterocycles. The molecule has 0 spiro atoms. The molecule has 0 saturated carbocycles. The summed E-state index contributed by atoms with van der Waals surface area (Å²) in [5.74, 6) is -1.33. The molecular formula is C19H16ClN3O5S. The molecule has 150 valence electrons. The van der Waals surface area contributed by atoms with Crippen LogP contribution in [-0.2, 0) is 22.5 Å². The average molecular weight is 434 g/mol. The second-order valence-corrected chi connectivity index (χ2v) is 7.48. The second kappa shape index (κ2) is 8.54. The van der Waals surface area contributed by atoms with Crippen LogP contribution in [0.3, 0.4) is 0 Å². The van der Waals surface area contributed by atoms with E-state index in [1.54, 1.807) is 4.57 Å². The molecule has 0 saturated heterocycles. The number of esters is 1. The van der Waals surface area contributed by atoms with Crippen molar-refractivity contribution in [1.82, 2.24) is 4.57 Å². The number of nitro benzene ring substituents is 1. The molecule has 0 atom stereocenters. The molecule has 29 heavy (non-hydrogen) atoms. The van der Waals surface area contributed by atoms with Crippen molar-refractivity contribution in [2.75, 3.05) is 7.11 Å². The topological polar surface area (TPSA) is 104 Å². The van der Waals surface area contributed by atoms with Gasteiger partial charge in [-0.15, -0.1) is 0 Å². The van der Waals surface area contributed by atoms with Crippen molar-refractivity contribution in [3.63, 3.8) is 0 Å². The molecule has 8 nitrogen and oxygen atoms in total. The van der Waals surface area contributed by atoms with E-state index in [4.69, 9.17) is 16.3 Å². The van der Waals surface area contributed by atoms with Crippen molar-refractivity contribution >= 4 is 50.7 Å². The number of carbonyl (C=O) groups excluding carboxylic acids is 2. The van der Waals surface area contributed by atoms with Gasteiger partial charge in [-0.3, -0.25) is 19.7 Å². The number of ether oxygens (including phenoxy) is 1. The Kier molecular flexibility index (Phi) is 6.09. The molecule has 1 amide bonds. The molecule has 10 heteroatoms. The number of nitro groups is 1. The molecule has 3 rings (SSSR count). The highest BCUT2D eigenvalue weighted by Crippen LogP contribution is 2.24. The lowest BCUT2D eigenvalue weighted by Crippen LogP contribution is -2.22. The van der Waals surface area contributed by atoms with E-state index >= 15 is 0 Å². The fourth-order valence-electron chi connectivity index (χ4n) is 2.76. The number of thiazole rings is 1. The SMILES string of the molecule is CCc1ccc2c(c1)sc(=NC(=O)c1cc(Cl)ccc1[N+](=O)[O-])n2CC(=O)OC. The zero-order chi connectivity index (χ0) is 21.1. The minimum atomic E-state index is -0.819. The molecule has 0 bridgehead atoms. The summed E-state index contributed by atoms with van der Waals surface area (Å²) in [6.07, 6.45) is 0.824. The summed E-state index contributed by atoms with van der Waals surface area (Å²) in [7, 11) is 1.27. The van der Waals surface area contributed by atoms with E-state index in [1.165, 1.54) is 30.6 Å². The first-order valence-electron chi connectivity index (χ1n) is 8.56. The van der Waals surface area contributed by atoms with Crippen LogP contribution in [0.5, 0.6) is 0 Å². The first kappa shape index (κ1) is 20.7. The van der Waals surface area contributed by atoms with Gasteiger partial charge in [0.05, 0.1) is 22.2 Å². The van der Waals surface area contributed by atoms with Crippen LogP contribution in [-0.4, -0.2) is 28.5 Å². The van der Waals surface area contributed by atoms with Gasteiger partial charge in [-0.05, 0) is 36.2 Å². The molecule has 3 aromatic rings. The van der Waals surface area contributed by atoms with Crippen molar-refractivity contribution in [1.29, 1.82) is 0 Å². The molecule has 0 fully saturated rings. The zero-order valence-corrected chi connectivity index (χ0v) is 17.1. The van der Waals surface area contributed by atoms with Gasteiger partial charge in [0.2, 0.25) is 0 Å². The number of hydrogen-bond acceptors (Lipinski definition) is 6. The van der Waals surface area contributed by atoms with Crippen LogP contribution in [0.2, 0.25) is 5.02 Å². The number of fused-ring (bicyclic) bond motifs is 1. The smallest absolute Gasteiger partial charge is 0.325 e. The Morgan fingerprint density at radius 2 is 2.03 bits per heavy atom. The second-order valence-electron chi connectivity index (χ2n) is 6.04. The third-order valence-electron chi connectivity index (χ3n) is 4.25. The molecule has 0 aliphatic heterocycles. The van der Waals surface area contributed by atoms with E-state index in [-0.39, 0.29) is 21.9 Å². The fraction of sp³-hybridized carbons (Fsp3) is 0.211. The van der Waals surface area contributed by atoms with Gasteiger partial charge in [-0.2, -0.15) is 4.99 Å². The molecule has 0 aliphatic carbocycles. The molecule has 0 N–H and O–H groups in total. The summed E-state index contributed by atoms with van der Waals surface area (Å²) < 4.78 is 7.13. The number of amides is 1. The quantitative estimate of drug-likeness (QED) is 0.346. The van der Waals surface area contributed by atoms with Crippen molar-refractivity contribution in [3.05, 3.63) is 67.5 Å². The van der Waals surface area contributed by atoms with Gasteiger partial charge in [0.15, 0.2) is 4.80 Å². The van der Waals surface area contributed by atoms with Gasteiger partial charge in [0.1, 0.15) is 12.1 Å². The van der Waals surface area contributed by atoms with Gasteiger partial charge in [0.25, 0.3) is 11.6 Å². The standard InChI is InChI=1S/C19H16ClN3O5S/c1-3-11-4-6-15-16(8-11)29-19(22(15)10-17(24)28-2)21-18(25)13-9-12(20)5-7-14(13)23(26)27/h4-9H,3,10H2,1-2H3. The number of benzene rings is 2. The largest absolute Gasteiger partial charge is 0.468 e. The molecule has 2 aromatic carbocycles. The Labute approximate surface area is 174 Å². The summed E-state index contributed by atoms with van der Waals surface area (Å²) >= 11 is 7.12. The van der Waals surface area contributed by atoms with Crippen molar-refractivity contribution in [3.8, 4) is 0 Å². The maximum atomic E-state index is 12.7. The number of nitrogens with zero attached hydrogens (tertiary/aromatic N) is 3. The Balaban J connectivity index is 2.20. The fourth-order valence-corrected chi connectivity index (χ4v) is 4.02. The maximum absolute atomic E-state index is 12.7. The molecule has 0 radical (unpaired) electrons. The maximum Gasteiger partial charge on any atom is 0.325 e. The zero-order valence-electron chi connectivity index (χ0n) is 15.5. The predicted molar refractivity (Wildman–Crippen MR) is 109 cm³/mol. The minimum absolute atomic E-state index is 0.147. The van der Waals surface area contributed by atoms with E-state index in [1.807, 2.05) is 25.1 Å². The van der Waals surface area contributed by atoms with Crippen molar-refractivity contribution in [2.24, 2.45) is 4.99 Å². The molecule has 0 aliphatic rings. The number of aromatic nitrogens is 1. The monoisotopic (exact) mass is 433 g/mol. The number of aryl methyl sites for hydroxylation is 1. The number of halogens is 1. The Morgan fingerprint density at radius 1 is 1.28 bits per heavy atom. The van der Waals surface area contributed by atoms with Crippen LogP contribution < -0.4 is 4.80 Å². The third-order valence-corrected chi connectivity index (χ3v) is 5.53. The van der Waals surface area contributed by atoms with E-state index in [9.17, 15) is 19.7 Å². The van der Waals surface area contributed by atoms with E-state index in [0.717, 1.165) is 22.8 Å². The highest BCUT2D eigenvalue weighted by atomic mass is 35.5. The van der Waals surface area contributed by atoms with Gasteiger partial charge in [-0.1, -0.05) is 35.9 Å². The number of hydrogen-bond donors (Lipinski definition) is 0. The lowest BCUT2D eigenvalue weighted by Gasteiger charge is -2.04. The van der Waals surface area contributed by atoms with Crippen LogP contribution in [0, 0.1) is 10.1 Å². The highest BCUT2D eigenvalue weighted by molar-refractivity contribution is 7.16. The van der Waals surface area contributed by atoms with Crippen LogP contribution in [0.15, 0.2) is 41.4 Å². The van der Waals surface area contributed by atoms with Gasteiger partial charge >= 0.3 is 5.97 Å². The molecule has 0 unspecified atom stereocenters. The van der Waals surface area contributed by atoms with Gasteiger partial charge in [0, 0.05) is 11.1 Å². The van der Waals surface area contributed by atoms with E-state index < -0.39 is 22.5 Å². The van der Waals surface area contributed by atoms with Crippen molar-refractivity contribution < 1.29 is 19.2 Å². The number of rotatable bonds is 5. The van der Waals surface area contributed by atoms with Crippen LogP contribution in [0.4, 0.5) is 5.69 Å². The van der Waals surface area contributed by atoms with Gasteiger partial charge in [-0.25, -0.2) is 0 Å². The minimum Gasteiger partial charge on any atom is -0.468 e. The average Bonchev–Trinajstić information content (AvgIpc) is 3.03. The predicted octanol–water partition coefficient (Wildman–Crippen LogP) is 3.74. The Hall–Kier alpha value is -3.04. The van der Waals surface area contributed by atoms with Gasteiger partial charge < -0.3 is 9.30 Å². The summed E-state index contributed by atoms with van der Waals surface area (Å²) in [6.45, 7) is 1.87. The Morgan fingerprint density at radius 3 is 2.69 bits per heavy atom. The van der Waals surface area contributed by atoms with Crippen LogP contribution in [0.1, 0.15) is 22.8 Å². The van der Waals surface area contributed by atoms with E-state index in [2.05, 4.69) is 4.99 Å². The Bertz CT molecular complexity index is 1200. The third kappa shape index (κ3) is 4.36. The summed E-state index contributed by atoms with van der Waals surface area (Å²) in [5, 5.41) is 11.4. The highest BCUT2D eigenvalue weighted by Gasteiger charge is 2.21.